The Balaban J connectivity index is 1.51. The van der Waals surface area contributed by atoms with Crippen molar-refractivity contribution in [3.05, 3.63) is 58.6 Å². The number of carbonyl (C=O) groups excluding carboxylic acids is 2. The zero-order valence-electron chi connectivity index (χ0n) is 15.3. The summed E-state index contributed by atoms with van der Waals surface area (Å²) >= 11 is 5.93. The zero-order valence-corrected chi connectivity index (χ0v) is 16.1. The second-order valence-corrected chi connectivity index (χ2v) is 7.29. The molecule has 5 nitrogen and oxygen atoms in total. The highest BCUT2D eigenvalue weighted by Crippen LogP contribution is 2.28. The maximum Gasteiger partial charge on any atom is 0.280 e. The fourth-order valence-electron chi connectivity index (χ4n) is 3.28. The van der Waals surface area contributed by atoms with E-state index in [4.69, 9.17) is 11.6 Å². The summed E-state index contributed by atoms with van der Waals surface area (Å²) in [5, 5.41) is 5.61. The molecule has 1 aliphatic rings. The first kappa shape index (κ1) is 21.1. The monoisotopic (exact) mass is 425 g/mol. The van der Waals surface area contributed by atoms with E-state index >= 15 is 0 Å². The largest absolute Gasteiger partial charge is 0.348 e. The average Bonchev–Trinajstić information content (AvgIpc) is 2.70. The number of hydrogen-bond donors (Lipinski definition) is 2. The predicted molar refractivity (Wildman–Crippen MR) is 102 cm³/mol. The van der Waals surface area contributed by atoms with Gasteiger partial charge in [-0.05, 0) is 56.0 Å². The number of nitrogens with zero attached hydrogens (tertiary/aromatic N) is 1. The number of benzene rings is 1. The van der Waals surface area contributed by atoms with E-state index in [-0.39, 0.29) is 28.6 Å². The molecule has 3 rings (SSSR count). The Morgan fingerprint density at radius 3 is 2.48 bits per heavy atom. The molecule has 1 fully saturated rings. The Hall–Kier alpha value is -2.61. The third-order valence-corrected chi connectivity index (χ3v) is 5.16. The van der Waals surface area contributed by atoms with E-state index < -0.39 is 23.8 Å². The number of nitrogens with one attached hydrogen (secondary N) is 2. The lowest BCUT2D eigenvalue weighted by Crippen LogP contribution is -2.40. The lowest BCUT2D eigenvalue weighted by molar-refractivity contribution is -0.120. The maximum absolute atomic E-state index is 13.1. The molecular weight excluding hydrogens is 407 g/mol. The Morgan fingerprint density at radius 2 is 1.83 bits per heavy atom. The quantitative estimate of drug-likeness (QED) is 0.727. The molecule has 0 aliphatic heterocycles. The summed E-state index contributed by atoms with van der Waals surface area (Å²) in [4.78, 5) is 28.4. The molecule has 1 heterocycles. The summed E-state index contributed by atoms with van der Waals surface area (Å²) < 4.78 is 38.6. The Labute approximate surface area is 170 Å². The smallest absolute Gasteiger partial charge is 0.280 e. The van der Waals surface area contributed by atoms with Gasteiger partial charge in [-0.1, -0.05) is 17.7 Å². The minimum absolute atomic E-state index is 0.0615. The van der Waals surface area contributed by atoms with Crippen LogP contribution in [0.5, 0.6) is 0 Å². The van der Waals surface area contributed by atoms with Crippen molar-refractivity contribution < 1.29 is 22.8 Å². The SMILES string of the molecule is O=C(NC1CCC(C(=O)Nc2ccc(F)cc2Cl)CC1)c1cccc(C(F)F)n1. The molecule has 0 radical (unpaired) electrons. The van der Waals surface area contributed by atoms with Crippen LogP contribution in [-0.2, 0) is 4.79 Å². The van der Waals surface area contributed by atoms with E-state index in [0.717, 1.165) is 6.07 Å². The van der Waals surface area contributed by atoms with E-state index in [2.05, 4.69) is 15.6 Å². The molecule has 2 amide bonds. The first-order valence-corrected chi connectivity index (χ1v) is 9.53. The van der Waals surface area contributed by atoms with Gasteiger partial charge in [0.15, 0.2) is 0 Å². The number of carbonyl (C=O) groups is 2. The molecule has 0 bridgehead atoms. The fourth-order valence-corrected chi connectivity index (χ4v) is 3.50. The van der Waals surface area contributed by atoms with E-state index in [1.54, 1.807) is 0 Å². The molecule has 1 aromatic carbocycles. The normalized spacial score (nSPS) is 19.1. The van der Waals surface area contributed by atoms with E-state index in [1.165, 1.54) is 30.3 Å². The van der Waals surface area contributed by atoms with Gasteiger partial charge in [0.25, 0.3) is 12.3 Å². The molecule has 0 spiro atoms. The van der Waals surface area contributed by atoms with Crippen molar-refractivity contribution >= 4 is 29.1 Å². The average molecular weight is 426 g/mol. The summed E-state index contributed by atoms with van der Waals surface area (Å²) in [6, 6.07) is 7.49. The third-order valence-electron chi connectivity index (χ3n) is 4.85. The Morgan fingerprint density at radius 1 is 1.10 bits per heavy atom. The highest BCUT2D eigenvalue weighted by Gasteiger charge is 2.28. The van der Waals surface area contributed by atoms with Gasteiger partial charge in [-0.2, -0.15) is 0 Å². The lowest BCUT2D eigenvalue weighted by atomic mass is 9.85. The van der Waals surface area contributed by atoms with Crippen LogP contribution in [0.2, 0.25) is 5.02 Å². The van der Waals surface area contributed by atoms with Crippen LogP contribution in [0.1, 0.15) is 48.3 Å². The van der Waals surface area contributed by atoms with E-state index in [0.29, 0.717) is 31.4 Å². The van der Waals surface area contributed by atoms with Crippen LogP contribution >= 0.6 is 11.6 Å². The molecule has 0 saturated heterocycles. The van der Waals surface area contributed by atoms with Crippen molar-refractivity contribution in [3.63, 3.8) is 0 Å². The first-order valence-electron chi connectivity index (χ1n) is 9.15. The molecule has 0 atom stereocenters. The molecule has 0 unspecified atom stereocenters. The second-order valence-electron chi connectivity index (χ2n) is 6.88. The summed E-state index contributed by atoms with van der Waals surface area (Å²) in [7, 11) is 0. The number of aromatic nitrogens is 1. The highest BCUT2D eigenvalue weighted by molar-refractivity contribution is 6.33. The summed E-state index contributed by atoms with van der Waals surface area (Å²) in [5.41, 5.74) is -0.162. The first-order chi connectivity index (χ1) is 13.8. The lowest BCUT2D eigenvalue weighted by Gasteiger charge is -2.28. The van der Waals surface area contributed by atoms with Gasteiger partial charge in [0.05, 0.1) is 10.7 Å². The Bertz CT molecular complexity index is 902. The molecule has 154 valence electrons. The standard InChI is InChI=1S/C20H19ClF3N3O2/c21-14-10-12(22)6-9-15(14)27-19(28)11-4-7-13(8-5-11)25-20(29)17-3-1-2-16(26-17)18(23)24/h1-3,6,9-11,13,18H,4-5,7-8H2,(H,25,29)(H,27,28). The van der Waals surface area contributed by atoms with Crippen LogP contribution in [0.3, 0.4) is 0 Å². The zero-order chi connectivity index (χ0) is 21.0. The van der Waals surface area contributed by atoms with Gasteiger partial charge >= 0.3 is 0 Å². The van der Waals surface area contributed by atoms with Crippen molar-refractivity contribution in [2.75, 3.05) is 5.32 Å². The molecule has 2 N–H and O–H groups in total. The van der Waals surface area contributed by atoms with Crippen LogP contribution in [0, 0.1) is 11.7 Å². The molecule has 2 aromatic rings. The van der Waals surface area contributed by atoms with Crippen LogP contribution in [-0.4, -0.2) is 22.8 Å². The number of hydrogen-bond acceptors (Lipinski definition) is 3. The van der Waals surface area contributed by atoms with Crippen LogP contribution in [0.25, 0.3) is 0 Å². The van der Waals surface area contributed by atoms with Gasteiger partial charge in [-0.3, -0.25) is 9.59 Å². The molecule has 1 aliphatic carbocycles. The Kier molecular flexibility index (Phi) is 6.74. The van der Waals surface area contributed by atoms with Crippen LogP contribution < -0.4 is 10.6 Å². The predicted octanol–water partition coefficient (Wildman–Crippen LogP) is 4.74. The summed E-state index contributed by atoms with van der Waals surface area (Å²) in [6.45, 7) is 0. The minimum Gasteiger partial charge on any atom is -0.348 e. The number of amides is 2. The minimum atomic E-state index is -2.74. The van der Waals surface area contributed by atoms with E-state index in [9.17, 15) is 22.8 Å². The molecule has 1 saturated carbocycles. The molecule has 9 heteroatoms. The van der Waals surface area contributed by atoms with Crippen molar-refractivity contribution in [2.45, 2.75) is 38.2 Å². The second kappa shape index (κ2) is 9.26. The summed E-state index contributed by atoms with van der Waals surface area (Å²) in [5.74, 6) is -1.48. The van der Waals surface area contributed by atoms with Gasteiger partial charge in [-0.25, -0.2) is 18.2 Å². The van der Waals surface area contributed by atoms with Crippen molar-refractivity contribution in [1.82, 2.24) is 10.3 Å². The van der Waals surface area contributed by atoms with Gasteiger partial charge < -0.3 is 10.6 Å². The van der Waals surface area contributed by atoms with Crippen molar-refractivity contribution in [1.29, 1.82) is 0 Å². The van der Waals surface area contributed by atoms with Crippen molar-refractivity contribution in [3.8, 4) is 0 Å². The van der Waals surface area contributed by atoms with Gasteiger partial charge in [0.2, 0.25) is 5.91 Å². The number of halogens is 4. The number of pyridine rings is 1. The third kappa shape index (κ3) is 5.47. The fraction of sp³-hybridized carbons (Fsp3) is 0.350. The number of alkyl halides is 2. The maximum atomic E-state index is 13.1. The number of anilines is 1. The van der Waals surface area contributed by atoms with Crippen molar-refractivity contribution in [2.24, 2.45) is 5.92 Å². The van der Waals surface area contributed by atoms with Crippen LogP contribution in [0.4, 0.5) is 18.9 Å². The molecule has 1 aromatic heterocycles. The van der Waals surface area contributed by atoms with Gasteiger partial charge in [0.1, 0.15) is 17.2 Å². The van der Waals surface area contributed by atoms with E-state index in [1.807, 2.05) is 0 Å². The molecule has 29 heavy (non-hydrogen) atoms. The number of rotatable bonds is 5. The van der Waals surface area contributed by atoms with Gasteiger partial charge in [0, 0.05) is 12.0 Å². The van der Waals surface area contributed by atoms with Gasteiger partial charge in [-0.15, -0.1) is 0 Å². The topological polar surface area (TPSA) is 71.1 Å². The highest BCUT2D eigenvalue weighted by atomic mass is 35.5. The molecular formula is C20H19ClF3N3O2. The van der Waals surface area contributed by atoms with Crippen LogP contribution in [0.15, 0.2) is 36.4 Å². The summed E-state index contributed by atoms with van der Waals surface area (Å²) in [6.07, 6.45) is -0.531.